The van der Waals surface area contributed by atoms with Crippen molar-refractivity contribution in [2.75, 3.05) is 13.1 Å². The Morgan fingerprint density at radius 1 is 1.29 bits per heavy atom. The fourth-order valence-electron chi connectivity index (χ4n) is 2.84. The lowest BCUT2D eigenvalue weighted by molar-refractivity contribution is 0.0889. The van der Waals surface area contributed by atoms with Gasteiger partial charge in [0.2, 0.25) is 0 Å². The van der Waals surface area contributed by atoms with Gasteiger partial charge in [-0.25, -0.2) is 0 Å². The molecule has 21 heavy (non-hydrogen) atoms. The van der Waals surface area contributed by atoms with Gasteiger partial charge in [-0.2, -0.15) is 0 Å². The number of amides is 1. The highest BCUT2D eigenvalue weighted by Crippen LogP contribution is 2.23. The van der Waals surface area contributed by atoms with E-state index in [-0.39, 0.29) is 11.9 Å². The molecule has 1 aliphatic heterocycles. The van der Waals surface area contributed by atoms with Crippen LogP contribution in [-0.2, 0) is 0 Å². The fourth-order valence-corrected chi connectivity index (χ4v) is 2.84. The normalized spacial score (nSPS) is 22.4. The van der Waals surface area contributed by atoms with Gasteiger partial charge in [0, 0.05) is 18.0 Å². The molecule has 1 aromatic carbocycles. The third-order valence-electron chi connectivity index (χ3n) is 4.50. The molecule has 0 spiro atoms. The molecule has 4 heteroatoms. The molecule has 2 N–H and O–H groups in total. The van der Waals surface area contributed by atoms with Crippen LogP contribution in [0.4, 0.5) is 0 Å². The van der Waals surface area contributed by atoms with E-state index >= 15 is 0 Å². The quantitative estimate of drug-likeness (QED) is 0.892. The summed E-state index contributed by atoms with van der Waals surface area (Å²) in [7, 11) is 0. The Kier molecular flexibility index (Phi) is 3.72. The van der Waals surface area contributed by atoms with E-state index < -0.39 is 0 Å². The monoisotopic (exact) mass is 286 g/mol. The van der Waals surface area contributed by atoms with Crippen molar-refractivity contribution in [3.05, 3.63) is 35.1 Å². The van der Waals surface area contributed by atoms with E-state index in [0.29, 0.717) is 11.7 Å². The zero-order chi connectivity index (χ0) is 15.0. The van der Waals surface area contributed by atoms with Crippen molar-refractivity contribution in [1.29, 1.82) is 0 Å². The summed E-state index contributed by atoms with van der Waals surface area (Å²) in [6, 6.07) is 6.06. The van der Waals surface area contributed by atoms with E-state index in [1.54, 1.807) is 0 Å². The number of aryl methyl sites for hydroxylation is 2. The molecule has 2 heterocycles. The van der Waals surface area contributed by atoms with Crippen LogP contribution in [0.3, 0.4) is 0 Å². The molecule has 1 amide bonds. The minimum atomic E-state index is -0.123. The Balaban J connectivity index is 1.81. The van der Waals surface area contributed by atoms with Gasteiger partial charge in [0.25, 0.3) is 5.91 Å². The summed E-state index contributed by atoms with van der Waals surface area (Å²) in [5.74, 6) is 0.763. The van der Waals surface area contributed by atoms with Gasteiger partial charge in [0.1, 0.15) is 5.58 Å². The Labute approximate surface area is 124 Å². The van der Waals surface area contributed by atoms with Crippen LogP contribution < -0.4 is 10.6 Å². The van der Waals surface area contributed by atoms with Gasteiger partial charge >= 0.3 is 0 Å². The third kappa shape index (κ3) is 2.81. The maximum atomic E-state index is 12.4. The number of hydrogen-bond donors (Lipinski definition) is 2. The summed E-state index contributed by atoms with van der Waals surface area (Å²) in [6.07, 6.45) is 1.09. The molecule has 0 bridgehead atoms. The molecule has 1 aliphatic rings. The second-order valence-electron chi connectivity index (χ2n) is 6.13. The van der Waals surface area contributed by atoms with Crippen LogP contribution in [0.2, 0.25) is 0 Å². The number of hydrogen-bond acceptors (Lipinski definition) is 3. The van der Waals surface area contributed by atoms with E-state index in [1.807, 2.05) is 19.1 Å². The van der Waals surface area contributed by atoms with E-state index in [0.717, 1.165) is 30.5 Å². The van der Waals surface area contributed by atoms with Crippen LogP contribution >= 0.6 is 0 Å². The van der Waals surface area contributed by atoms with E-state index in [1.165, 1.54) is 11.1 Å². The largest absolute Gasteiger partial charge is 0.451 e. The molecule has 2 unspecified atom stereocenters. The predicted octanol–water partition coefficient (Wildman–Crippen LogP) is 2.78. The first kappa shape index (κ1) is 14.1. The van der Waals surface area contributed by atoms with E-state index in [2.05, 4.69) is 30.5 Å². The number of fused-ring (bicyclic) bond motifs is 1. The molecule has 0 aliphatic carbocycles. The van der Waals surface area contributed by atoms with Crippen LogP contribution in [-0.4, -0.2) is 25.0 Å². The van der Waals surface area contributed by atoms with Gasteiger partial charge in [0.15, 0.2) is 5.76 Å². The van der Waals surface area contributed by atoms with Gasteiger partial charge in [-0.15, -0.1) is 0 Å². The van der Waals surface area contributed by atoms with Gasteiger partial charge in [-0.1, -0.05) is 6.92 Å². The molecular formula is C17H22N2O2. The highest BCUT2D eigenvalue weighted by Gasteiger charge is 2.24. The molecule has 2 aromatic rings. The lowest BCUT2D eigenvalue weighted by Gasteiger charge is -2.29. The third-order valence-corrected chi connectivity index (χ3v) is 4.50. The molecule has 112 valence electrons. The maximum absolute atomic E-state index is 12.4. The standard InChI is InChI=1S/C17H22N2O2/c1-10-4-5-18-9-14(10)19-17(20)16-8-13-6-11(2)12(3)7-15(13)21-16/h6-8,10,14,18H,4-5,9H2,1-3H3,(H,19,20). The Bertz CT molecular complexity index is 636. The van der Waals surface area contributed by atoms with Crippen LogP contribution in [0.5, 0.6) is 0 Å². The number of nitrogens with one attached hydrogen (secondary N) is 2. The minimum absolute atomic E-state index is 0.123. The Hall–Kier alpha value is -1.81. The Morgan fingerprint density at radius 2 is 2.05 bits per heavy atom. The number of piperidine rings is 1. The van der Waals surface area contributed by atoms with Crippen molar-refractivity contribution in [1.82, 2.24) is 10.6 Å². The second-order valence-corrected chi connectivity index (χ2v) is 6.13. The highest BCUT2D eigenvalue weighted by atomic mass is 16.3. The van der Waals surface area contributed by atoms with Gasteiger partial charge in [-0.3, -0.25) is 4.79 Å². The van der Waals surface area contributed by atoms with E-state index in [4.69, 9.17) is 4.42 Å². The molecule has 2 atom stereocenters. The minimum Gasteiger partial charge on any atom is -0.451 e. The topological polar surface area (TPSA) is 54.3 Å². The summed E-state index contributed by atoms with van der Waals surface area (Å²) in [4.78, 5) is 12.4. The first-order valence-electron chi connectivity index (χ1n) is 7.57. The first-order chi connectivity index (χ1) is 10.0. The fraction of sp³-hybridized carbons (Fsp3) is 0.471. The van der Waals surface area contributed by atoms with Crippen LogP contribution in [0.1, 0.15) is 35.0 Å². The number of rotatable bonds is 2. The van der Waals surface area contributed by atoms with Crippen molar-refractivity contribution in [2.45, 2.75) is 33.2 Å². The van der Waals surface area contributed by atoms with Gasteiger partial charge in [-0.05, 0) is 62.1 Å². The van der Waals surface area contributed by atoms with Crippen LogP contribution in [0.15, 0.2) is 22.6 Å². The van der Waals surface area contributed by atoms with E-state index in [9.17, 15) is 4.79 Å². The molecule has 1 fully saturated rings. The van der Waals surface area contributed by atoms with Crippen molar-refractivity contribution in [3.63, 3.8) is 0 Å². The molecule has 0 saturated carbocycles. The van der Waals surface area contributed by atoms with Crippen molar-refractivity contribution < 1.29 is 9.21 Å². The summed E-state index contributed by atoms with van der Waals surface area (Å²) in [6.45, 7) is 8.14. The first-order valence-corrected chi connectivity index (χ1v) is 7.57. The lowest BCUT2D eigenvalue weighted by atomic mass is 9.95. The number of furan rings is 1. The Morgan fingerprint density at radius 3 is 2.81 bits per heavy atom. The zero-order valence-corrected chi connectivity index (χ0v) is 12.8. The van der Waals surface area contributed by atoms with Crippen LogP contribution in [0.25, 0.3) is 11.0 Å². The average molecular weight is 286 g/mol. The van der Waals surface area contributed by atoms with Crippen LogP contribution in [0, 0.1) is 19.8 Å². The summed E-state index contributed by atoms with van der Waals surface area (Å²) < 4.78 is 5.71. The second kappa shape index (κ2) is 5.53. The molecular weight excluding hydrogens is 264 g/mol. The number of benzene rings is 1. The molecule has 3 rings (SSSR count). The van der Waals surface area contributed by atoms with Gasteiger partial charge in [0.05, 0.1) is 0 Å². The average Bonchev–Trinajstić information content (AvgIpc) is 2.85. The SMILES string of the molecule is Cc1cc2cc(C(=O)NC3CNCCC3C)oc2cc1C. The molecule has 1 aromatic heterocycles. The molecule has 0 radical (unpaired) electrons. The summed E-state index contributed by atoms with van der Waals surface area (Å²) >= 11 is 0. The highest BCUT2D eigenvalue weighted by molar-refractivity contribution is 5.96. The predicted molar refractivity (Wildman–Crippen MR) is 83.6 cm³/mol. The van der Waals surface area contributed by atoms with Crippen molar-refractivity contribution in [3.8, 4) is 0 Å². The number of carbonyl (C=O) groups is 1. The molecule has 1 saturated heterocycles. The number of carbonyl (C=O) groups excluding carboxylic acids is 1. The summed E-state index contributed by atoms with van der Waals surface area (Å²) in [5, 5.41) is 7.38. The summed E-state index contributed by atoms with van der Waals surface area (Å²) in [5.41, 5.74) is 3.16. The molecule has 4 nitrogen and oxygen atoms in total. The lowest BCUT2D eigenvalue weighted by Crippen LogP contribution is -2.50. The van der Waals surface area contributed by atoms with Crippen molar-refractivity contribution in [2.24, 2.45) is 5.92 Å². The zero-order valence-electron chi connectivity index (χ0n) is 12.8. The van der Waals surface area contributed by atoms with Crippen molar-refractivity contribution >= 4 is 16.9 Å². The smallest absolute Gasteiger partial charge is 0.287 e. The maximum Gasteiger partial charge on any atom is 0.287 e. The van der Waals surface area contributed by atoms with Gasteiger partial charge < -0.3 is 15.1 Å².